The van der Waals surface area contributed by atoms with Gasteiger partial charge in [-0.15, -0.1) is 0 Å². The number of aliphatic imine (C=N–C) groups is 1. The second-order valence-electron chi connectivity index (χ2n) is 8.02. The lowest BCUT2D eigenvalue weighted by molar-refractivity contribution is 0.433. The van der Waals surface area contributed by atoms with E-state index in [-0.39, 0.29) is 10.8 Å². The minimum Gasteiger partial charge on any atom is -0.442 e. The quantitative estimate of drug-likeness (QED) is 0.434. The largest absolute Gasteiger partial charge is 0.442 e. The van der Waals surface area contributed by atoms with Crippen molar-refractivity contribution in [3.8, 4) is 5.75 Å². The molecular weight excluding hydrogens is 318 g/mol. The van der Waals surface area contributed by atoms with Crippen molar-refractivity contribution < 1.29 is 4.74 Å². The maximum atomic E-state index is 6.10. The molecule has 0 fully saturated rings. The Morgan fingerprint density at radius 3 is 1.83 bits per heavy atom. The second kappa shape index (κ2) is 6.98. The molecule has 0 N–H and O–H groups in total. The lowest BCUT2D eigenvalue weighted by atomic mass is 9.87. The van der Waals surface area contributed by atoms with Gasteiger partial charge in [0.05, 0.1) is 5.69 Å². The third kappa shape index (κ3) is 5.10. The Balaban J connectivity index is 2.28. The molecule has 0 aromatic heterocycles. The number of rotatable bonds is 2. The van der Waals surface area contributed by atoms with Crippen molar-refractivity contribution in [1.29, 1.82) is 0 Å². The predicted molar refractivity (Wildman–Crippen MR) is 104 cm³/mol. The fourth-order valence-electron chi connectivity index (χ4n) is 2.11. The third-order valence-corrected chi connectivity index (χ3v) is 3.89. The van der Waals surface area contributed by atoms with E-state index in [4.69, 9.17) is 16.3 Å². The van der Waals surface area contributed by atoms with Crippen LogP contribution in [-0.4, -0.2) is 5.90 Å². The predicted octanol–water partition coefficient (Wildman–Crippen LogP) is 6.79. The first-order chi connectivity index (χ1) is 11.1. The SMILES string of the molecule is CC(C)(C)C(=Nc1ccc(Cl)cc1)Oc1ccc(C(C)(C)C)cc1. The number of hydrogen-bond acceptors (Lipinski definition) is 2. The van der Waals surface area contributed by atoms with Gasteiger partial charge in [-0.2, -0.15) is 0 Å². The molecule has 0 spiro atoms. The number of ether oxygens (including phenoxy) is 1. The van der Waals surface area contributed by atoms with E-state index in [9.17, 15) is 0 Å². The van der Waals surface area contributed by atoms with E-state index >= 15 is 0 Å². The maximum Gasteiger partial charge on any atom is 0.200 e. The van der Waals surface area contributed by atoms with Gasteiger partial charge in [0.25, 0.3) is 0 Å². The summed E-state index contributed by atoms with van der Waals surface area (Å²) in [6.45, 7) is 12.9. The summed E-state index contributed by atoms with van der Waals surface area (Å²) in [4.78, 5) is 4.67. The molecule has 0 bridgehead atoms. The minimum absolute atomic E-state index is 0.128. The summed E-state index contributed by atoms with van der Waals surface area (Å²) in [7, 11) is 0. The van der Waals surface area contributed by atoms with Crippen molar-refractivity contribution in [2.24, 2.45) is 10.4 Å². The molecule has 24 heavy (non-hydrogen) atoms. The van der Waals surface area contributed by atoms with Crippen molar-refractivity contribution in [1.82, 2.24) is 0 Å². The van der Waals surface area contributed by atoms with Crippen molar-refractivity contribution in [2.75, 3.05) is 0 Å². The van der Waals surface area contributed by atoms with Crippen LogP contribution in [0.25, 0.3) is 0 Å². The zero-order chi connectivity index (χ0) is 18.0. The lowest BCUT2D eigenvalue weighted by Crippen LogP contribution is -2.26. The van der Waals surface area contributed by atoms with Crippen LogP contribution in [0.4, 0.5) is 5.69 Å². The maximum absolute atomic E-state index is 6.10. The van der Waals surface area contributed by atoms with E-state index in [1.807, 2.05) is 36.4 Å². The first-order valence-corrected chi connectivity index (χ1v) is 8.57. The molecule has 0 aliphatic heterocycles. The fraction of sp³-hybridized carbons (Fsp3) is 0.381. The fourth-order valence-corrected chi connectivity index (χ4v) is 2.24. The van der Waals surface area contributed by atoms with Gasteiger partial charge in [0.15, 0.2) is 0 Å². The van der Waals surface area contributed by atoms with E-state index in [1.165, 1.54) is 5.56 Å². The Kier molecular flexibility index (Phi) is 5.39. The highest BCUT2D eigenvalue weighted by Crippen LogP contribution is 2.27. The van der Waals surface area contributed by atoms with Crippen LogP contribution in [0.5, 0.6) is 5.75 Å². The van der Waals surface area contributed by atoms with Crippen LogP contribution in [-0.2, 0) is 5.41 Å². The molecule has 128 valence electrons. The lowest BCUT2D eigenvalue weighted by Gasteiger charge is -2.23. The van der Waals surface area contributed by atoms with Crippen LogP contribution < -0.4 is 4.74 Å². The molecule has 0 amide bonds. The highest BCUT2D eigenvalue weighted by atomic mass is 35.5. The Morgan fingerprint density at radius 1 is 0.833 bits per heavy atom. The smallest absolute Gasteiger partial charge is 0.200 e. The summed E-state index contributed by atoms with van der Waals surface area (Å²) in [5.41, 5.74) is 2.03. The normalized spacial score (nSPS) is 13.0. The summed E-state index contributed by atoms with van der Waals surface area (Å²) in [5, 5.41) is 0.699. The van der Waals surface area contributed by atoms with E-state index < -0.39 is 0 Å². The Labute approximate surface area is 150 Å². The molecule has 0 atom stereocenters. The number of halogens is 1. The molecule has 0 heterocycles. The van der Waals surface area contributed by atoms with Crippen LogP contribution in [0.2, 0.25) is 5.02 Å². The second-order valence-corrected chi connectivity index (χ2v) is 8.46. The summed E-state index contributed by atoms with van der Waals surface area (Å²) >= 11 is 5.94. The van der Waals surface area contributed by atoms with E-state index in [0.29, 0.717) is 10.9 Å². The van der Waals surface area contributed by atoms with Gasteiger partial charge in [-0.1, -0.05) is 65.3 Å². The molecule has 3 heteroatoms. The average Bonchev–Trinajstić information content (AvgIpc) is 2.47. The minimum atomic E-state index is -0.206. The van der Waals surface area contributed by atoms with Crippen LogP contribution in [0.1, 0.15) is 47.1 Å². The van der Waals surface area contributed by atoms with Gasteiger partial charge in [-0.05, 0) is 47.4 Å². The van der Waals surface area contributed by atoms with Crippen molar-refractivity contribution in [3.05, 3.63) is 59.1 Å². The van der Waals surface area contributed by atoms with Gasteiger partial charge < -0.3 is 4.74 Å². The zero-order valence-electron chi connectivity index (χ0n) is 15.4. The molecule has 0 radical (unpaired) electrons. The molecule has 2 aromatic rings. The summed E-state index contributed by atoms with van der Waals surface area (Å²) in [6, 6.07) is 15.7. The summed E-state index contributed by atoms with van der Waals surface area (Å²) in [5.74, 6) is 1.47. The summed E-state index contributed by atoms with van der Waals surface area (Å²) < 4.78 is 6.10. The average molecular weight is 344 g/mol. The van der Waals surface area contributed by atoms with Crippen LogP contribution >= 0.6 is 11.6 Å². The zero-order valence-corrected chi connectivity index (χ0v) is 16.1. The molecule has 2 aromatic carbocycles. The van der Waals surface area contributed by atoms with Crippen LogP contribution in [0, 0.1) is 5.41 Å². The van der Waals surface area contributed by atoms with Crippen molar-refractivity contribution in [2.45, 2.75) is 47.0 Å². The number of hydrogen-bond donors (Lipinski definition) is 0. The van der Waals surface area contributed by atoms with Gasteiger partial charge in [-0.25, -0.2) is 4.99 Å². The molecule has 0 aliphatic carbocycles. The third-order valence-electron chi connectivity index (χ3n) is 3.63. The van der Waals surface area contributed by atoms with Gasteiger partial charge in [-0.3, -0.25) is 0 Å². The molecular formula is C21H26ClNO. The molecule has 2 nitrogen and oxygen atoms in total. The number of nitrogens with zero attached hydrogens (tertiary/aromatic N) is 1. The monoisotopic (exact) mass is 343 g/mol. The van der Waals surface area contributed by atoms with E-state index in [0.717, 1.165) is 11.4 Å². The van der Waals surface area contributed by atoms with Crippen LogP contribution in [0.3, 0.4) is 0 Å². The standard InChI is InChI=1S/C21H26ClNO/c1-20(2,3)15-7-13-18(14-8-15)24-19(21(4,5)6)23-17-11-9-16(22)10-12-17/h7-14H,1-6H3. The van der Waals surface area contributed by atoms with Crippen molar-refractivity contribution in [3.63, 3.8) is 0 Å². The molecule has 0 unspecified atom stereocenters. The Morgan fingerprint density at radius 2 is 1.38 bits per heavy atom. The molecule has 0 aliphatic rings. The van der Waals surface area contributed by atoms with Gasteiger partial charge in [0, 0.05) is 10.4 Å². The topological polar surface area (TPSA) is 21.6 Å². The highest BCUT2D eigenvalue weighted by molar-refractivity contribution is 6.30. The van der Waals surface area contributed by atoms with Gasteiger partial charge in [0.2, 0.25) is 5.90 Å². The summed E-state index contributed by atoms with van der Waals surface area (Å²) in [6.07, 6.45) is 0. The Bertz CT molecular complexity index is 701. The first kappa shape index (κ1) is 18.5. The van der Waals surface area contributed by atoms with E-state index in [2.05, 4.69) is 58.7 Å². The van der Waals surface area contributed by atoms with Gasteiger partial charge in [0.1, 0.15) is 5.75 Å². The Hall–Kier alpha value is -1.80. The number of benzene rings is 2. The molecule has 0 saturated heterocycles. The highest BCUT2D eigenvalue weighted by Gasteiger charge is 2.22. The first-order valence-electron chi connectivity index (χ1n) is 8.19. The molecule has 0 saturated carbocycles. The van der Waals surface area contributed by atoms with Crippen molar-refractivity contribution >= 4 is 23.2 Å². The molecule has 2 rings (SSSR count). The van der Waals surface area contributed by atoms with E-state index in [1.54, 1.807) is 0 Å². The van der Waals surface area contributed by atoms with Gasteiger partial charge >= 0.3 is 0 Å². The van der Waals surface area contributed by atoms with Crippen LogP contribution in [0.15, 0.2) is 53.5 Å².